The van der Waals surface area contributed by atoms with Crippen LogP contribution < -0.4 is 10.1 Å². The van der Waals surface area contributed by atoms with Crippen molar-refractivity contribution in [2.45, 2.75) is 19.4 Å². The summed E-state index contributed by atoms with van der Waals surface area (Å²) in [6.07, 6.45) is 4.96. The van der Waals surface area contributed by atoms with Crippen LogP contribution in [0.25, 0.3) is 0 Å². The number of imide groups is 1. The number of amides is 3. The smallest absolute Gasteiger partial charge is 0.247 e. The molecule has 25 heavy (non-hydrogen) atoms. The number of carbonyl (C=O) groups excluding carboxylic acids is 3. The summed E-state index contributed by atoms with van der Waals surface area (Å²) in [7, 11) is 1.52. The summed E-state index contributed by atoms with van der Waals surface area (Å²) in [4.78, 5) is 39.3. The van der Waals surface area contributed by atoms with Crippen molar-refractivity contribution in [3.05, 3.63) is 36.4 Å². The van der Waals surface area contributed by atoms with Crippen molar-refractivity contribution in [3.63, 3.8) is 0 Å². The Morgan fingerprint density at radius 1 is 1.16 bits per heavy atom. The van der Waals surface area contributed by atoms with Crippen LogP contribution in [0.1, 0.15) is 13.3 Å². The molecule has 2 bridgehead atoms. The highest BCUT2D eigenvalue weighted by atomic mass is 16.5. The zero-order valence-electron chi connectivity index (χ0n) is 14.1. The molecule has 3 aliphatic rings. The number of carbonyl (C=O) groups is 3. The number of allylic oxidation sites excluding steroid dienone is 2. The summed E-state index contributed by atoms with van der Waals surface area (Å²) in [6.45, 7) is 1.59. The largest absolute Gasteiger partial charge is 0.495 e. The molecule has 1 heterocycles. The van der Waals surface area contributed by atoms with Gasteiger partial charge in [-0.15, -0.1) is 0 Å². The summed E-state index contributed by atoms with van der Waals surface area (Å²) >= 11 is 0. The number of nitrogens with one attached hydrogen (secondary N) is 1. The van der Waals surface area contributed by atoms with E-state index in [1.807, 2.05) is 12.2 Å². The van der Waals surface area contributed by atoms with E-state index < -0.39 is 11.9 Å². The van der Waals surface area contributed by atoms with Gasteiger partial charge in [0.25, 0.3) is 0 Å². The second-order valence-corrected chi connectivity index (χ2v) is 6.91. The monoisotopic (exact) mass is 340 g/mol. The van der Waals surface area contributed by atoms with Crippen LogP contribution in [0.3, 0.4) is 0 Å². The molecule has 0 spiro atoms. The standard InChI is InChI=1S/C19H20N2O4/c1-10(17(22)20-13-5-3-4-6-14(13)25-2)21-18(23)15-11-7-8-12(9-11)16(15)19(21)24/h3-8,10-12,15-16H,9H2,1-2H3,(H,20,22)/t10-,11-,12-,15+,16+/m0/s1. The molecule has 5 atom stereocenters. The highest BCUT2D eigenvalue weighted by Gasteiger charge is 2.60. The summed E-state index contributed by atoms with van der Waals surface area (Å²) in [5.74, 6) is -0.591. The van der Waals surface area contributed by atoms with Crippen LogP contribution >= 0.6 is 0 Å². The van der Waals surface area contributed by atoms with Crippen molar-refractivity contribution in [3.8, 4) is 5.75 Å². The van der Waals surface area contributed by atoms with Crippen molar-refractivity contribution in [1.29, 1.82) is 0 Å². The maximum atomic E-state index is 12.8. The highest BCUT2D eigenvalue weighted by Crippen LogP contribution is 2.52. The fourth-order valence-electron chi connectivity index (χ4n) is 4.41. The van der Waals surface area contributed by atoms with Crippen LogP contribution in [0.2, 0.25) is 0 Å². The summed E-state index contributed by atoms with van der Waals surface area (Å²) in [5, 5.41) is 2.76. The minimum absolute atomic E-state index is 0.140. The number of anilines is 1. The van der Waals surface area contributed by atoms with Gasteiger partial charge in [0.2, 0.25) is 17.7 Å². The van der Waals surface area contributed by atoms with Gasteiger partial charge in [0, 0.05) is 0 Å². The maximum absolute atomic E-state index is 12.8. The van der Waals surface area contributed by atoms with Crippen molar-refractivity contribution < 1.29 is 19.1 Å². The molecule has 1 aliphatic heterocycles. The lowest BCUT2D eigenvalue weighted by molar-refractivity contribution is -0.146. The van der Waals surface area contributed by atoms with E-state index in [0.717, 1.165) is 11.3 Å². The number of likely N-dealkylation sites (tertiary alicyclic amines) is 1. The number of methoxy groups -OCH3 is 1. The Labute approximate surface area is 145 Å². The van der Waals surface area contributed by atoms with E-state index >= 15 is 0 Å². The Morgan fingerprint density at radius 2 is 1.76 bits per heavy atom. The third-order valence-corrected chi connectivity index (χ3v) is 5.64. The number of ether oxygens (including phenoxy) is 1. The zero-order valence-corrected chi connectivity index (χ0v) is 14.1. The number of hydrogen-bond acceptors (Lipinski definition) is 4. The Kier molecular flexibility index (Phi) is 3.63. The van der Waals surface area contributed by atoms with Crippen molar-refractivity contribution >= 4 is 23.4 Å². The molecule has 0 unspecified atom stereocenters. The van der Waals surface area contributed by atoms with Crippen molar-refractivity contribution in [1.82, 2.24) is 4.90 Å². The Morgan fingerprint density at radius 3 is 2.36 bits per heavy atom. The van der Waals surface area contributed by atoms with Gasteiger partial charge in [-0.2, -0.15) is 0 Å². The molecule has 6 nitrogen and oxygen atoms in total. The Hall–Kier alpha value is -2.63. The minimum Gasteiger partial charge on any atom is -0.495 e. The minimum atomic E-state index is -0.852. The molecule has 6 heteroatoms. The SMILES string of the molecule is COc1ccccc1NC(=O)[C@H](C)N1C(=O)[C@H]2[C@H](C1=O)[C@H]1C=C[C@H]2C1. The molecule has 2 fully saturated rings. The molecule has 130 valence electrons. The lowest BCUT2D eigenvalue weighted by Crippen LogP contribution is -2.46. The first-order valence-corrected chi connectivity index (χ1v) is 8.52. The quantitative estimate of drug-likeness (QED) is 0.670. The molecule has 2 aliphatic carbocycles. The maximum Gasteiger partial charge on any atom is 0.247 e. The number of benzene rings is 1. The van der Waals surface area contributed by atoms with E-state index in [1.54, 1.807) is 31.2 Å². The zero-order chi connectivity index (χ0) is 17.7. The predicted molar refractivity (Wildman–Crippen MR) is 90.7 cm³/mol. The first-order valence-electron chi connectivity index (χ1n) is 8.52. The molecule has 0 radical (unpaired) electrons. The average Bonchev–Trinajstić information content (AvgIpc) is 3.29. The molecule has 1 saturated heterocycles. The molecule has 3 amide bonds. The van der Waals surface area contributed by atoms with Crippen LogP contribution in [0.4, 0.5) is 5.69 Å². The van der Waals surface area contributed by atoms with Crippen LogP contribution in [-0.2, 0) is 14.4 Å². The number of rotatable bonds is 4. The third kappa shape index (κ3) is 2.27. The highest BCUT2D eigenvalue weighted by molar-refractivity contribution is 6.10. The molecule has 0 aromatic heterocycles. The molecule has 1 saturated carbocycles. The van der Waals surface area contributed by atoms with E-state index in [0.29, 0.717) is 11.4 Å². The van der Waals surface area contributed by atoms with Crippen LogP contribution in [0.5, 0.6) is 5.75 Å². The van der Waals surface area contributed by atoms with Gasteiger partial charge in [-0.3, -0.25) is 19.3 Å². The third-order valence-electron chi connectivity index (χ3n) is 5.64. The average molecular weight is 340 g/mol. The van der Waals surface area contributed by atoms with Gasteiger partial charge in [0.1, 0.15) is 11.8 Å². The van der Waals surface area contributed by atoms with Crippen molar-refractivity contribution in [2.75, 3.05) is 12.4 Å². The van der Waals surface area contributed by atoms with Gasteiger partial charge in [0.15, 0.2) is 0 Å². The Bertz CT molecular complexity index is 757. The molecule has 1 aromatic rings. The summed E-state index contributed by atoms with van der Waals surface area (Å²) in [6, 6.07) is 6.18. The number of nitrogens with zero attached hydrogens (tertiary/aromatic N) is 1. The molecular formula is C19H20N2O4. The van der Waals surface area contributed by atoms with Crippen LogP contribution in [-0.4, -0.2) is 35.8 Å². The van der Waals surface area contributed by atoms with E-state index in [2.05, 4.69) is 5.32 Å². The van der Waals surface area contributed by atoms with Crippen molar-refractivity contribution in [2.24, 2.45) is 23.7 Å². The van der Waals surface area contributed by atoms with Gasteiger partial charge >= 0.3 is 0 Å². The lowest BCUT2D eigenvalue weighted by Gasteiger charge is -2.24. The van der Waals surface area contributed by atoms with E-state index in [4.69, 9.17) is 4.74 Å². The summed E-state index contributed by atoms with van der Waals surface area (Å²) in [5.41, 5.74) is 0.517. The lowest BCUT2D eigenvalue weighted by atomic mass is 9.85. The van der Waals surface area contributed by atoms with Crippen LogP contribution in [0.15, 0.2) is 36.4 Å². The molecule has 1 aromatic carbocycles. The van der Waals surface area contributed by atoms with Gasteiger partial charge in [-0.25, -0.2) is 0 Å². The normalized spacial score (nSPS) is 30.6. The van der Waals surface area contributed by atoms with Crippen LogP contribution in [0, 0.1) is 23.7 Å². The number of para-hydroxylation sites is 2. The number of fused-ring (bicyclic) bond motifs is 5. The van der Waals surface area contributed by atoms with E-state index in [1.165, 1.54) is 7.11 Å². The van der Waals surface area contributed by atoms with E-state index in [-0.39, 0.29) is 35.5 Å². The van der Waals surface area contributed by atoms with Gasteiger partial charge in [-0.05, 0) is 37.3 Å². The fraction of sp³-hybridized carbons (Fsp3) is 0.421. The van der Waals surface area contributed by atoms with E-state index in [9.17, 15) is 14.4 Å². The second kappa shape index (κ2) is 5.72. The number of hydrogen-bond donors (Lipinski definition) is 1. The Balaban J connectivity index is 1.53. The van der Waals surface area contributed by atoms with Gasteiger partial charge in [-0.1, -0.05) is 24.3 Å². The van der Waals surface area contributed by atoms with Gasteiger partial charge < -0.3 is 10.1 Å². The van der Waals surface area contributed by atoms with Gasteiger partial charge in [0.05, 0.1) is 24.6 Å². The topological polar surface area (TPSA) is 75.7 Å². The fourth-order valence-corrected chi connectivity index (χ4v) is 4.41. The first kappa shape index (κ1) is 15.9. The molecule has 4 rings (SSSR count). The molecule has 1 N–H and O–H groups in total. The first-order chi connectivity index (χ1) is 12.0. The molecular weight excluding hydrogens is 320 g/mol. The summed E-state index contributed by atoms with van der Waals surface area (Å²) < 4.78 is 5.22. The second-order valence-electron chi connectivity index (χ2n) is 6.91. The predicted octanol–water partition coefficient (Wildman–Crippen LogP) is 1.83.